The number of fused-ring (bicyclic) bond motifs is 1. The number of anilines is 2. The highest BCUT2D eigenvalue weighted by molar-refractivity contribution is 5.94. The molecule has 1 aliphatic carbocycles. The van der Waals surface area contributed by atoms with E-state index in [2.05, 4.69) is 34.3 Å². The highest BCUT2D eigenvalue weighted by Gasteiger charge is 2.40. The fourth-order valence-corrected chi connectivity index (χ4v) is 5.83. The molecule has 0 unspecified atom stereocenters. The Morgan fingerprint density at radius 3 is 2.41 bits per heavy atom. The van der Waals surface area contributed by atoms with Gasteiger partial charge in [-0.05, 0) is 54.9 Å². The molecule has 2 fully saturated rings. The number of rotatable bonds is 5. The smallest absolute Gasteiger partial charge is 0.371 e. The summed E-state index contributed by atoms with van der Waals surface area (Å²) >= 11 is 0. The number of amides is 2. The summed E-state index contributed by atoms with van der Waals surface area (Å²) in [6, 6.07) is 13.8. The minimum Gasteiger partial charge on any atom is -0.371 e. The predicted octanol–water partition coefficient (Wildman–Crippen LogP) is 5.93. The van der Waals surface area contributed by atoms with Crippen molar-refractivity contribution >= 4 is 17.5 Å². The van der Waals surface area contributed by atoms with Gasteiger partial charge < -0.3 is 9.80 Å². The molecule has 37 heavy (non-hydrogen) atoms. The Balaban J connectivity index is 1.23. The van der Waals surface area contributed by atoms with Crippen LogP contribution in [0.3, 0.4) is 0 Å². The van der Waals surface area contributed by atoms with Crippen LogP contribution in [0.5, 0.6) is 0 Å². The number of halogens is 3. The Morgan fingerprint density at radius 2 is 1.68 bits per heavy atom. The fourth-order valence-electron chi connectivity index (χ4n) is 5.83. The SMILES string of the molecule is Cn1cc2c(n1)N(Cc1ccccc1C(F)(F)F)C(=O)N(C1CCN(c3ccccc3C3CC3)CC1)C2. The first-order valence-corrected chi connectivity index (χ1v) is 12.9. The van der Waals surface area contributed by atoms with E-state index >= 15 is 0 Å². The maximum Gasteiger partial charge on any atom is 0.416 e. The van der Waals surface area contributed by atoms with E-state index in [-0.39, 0.29) is 24.2 Å². The van der Waals surface area contributed by atoms with Gasteiger partial charge in [-0.25, -0.2) is 4.79 Å². The number of benzene rings is 2. The van der Waals surface area contributed by atoms with Gasteiger partial charge in [0.25, 0.3) is 0 Å². The van der Waals surface area contributed by atoms with E-state index in [1.165, 1.54) is 41.1 Å². The highest BCUT2D eigenvalue weighted by Crippen LogP contribution is 2.45. The highest BCUT2D eigenvalue weighted by atomic mass is 19.4. The lowest BCUT2D eigenvalue weighted by atomic mass is 9.99. The van der Waals surface area contributed by atoms with E-state index in [9.17, 15) is 18.0 Å². The molecule has 2 aromatic carbocycles. The monoisotopic (exact) mass is 509 g/mol. The molecule has 2 amide bonds. The number of aromatic nitrogens is 2. The van der Waals surface area contributed by atoms with Crippen molar-refractivity contribution in [3.8, 4) is 0 Å². The van der Waals surface area contributed by atoms with Gasteiger partial charge in [0.2, 0.25) is 0 Å². The molecule has 1 saturated carbocycles. The van der Waals surface area contributed by atoms with Crippen LogP contribution in [0.2, 0.25) is 0 Å². The van der Waals surface area contributed by atoms with Crippen LogP contribution in [0, 0.1) is 0 Å². The van der Waals surface area contributed by atoms with Crippen LogP contribution in [0.1, 0.15) is 53.9 Å². The van der Waals surface area contributed by atoms with Gasteiger partial charge in [0.1, 0.15) is 0 Å². The maximum atomic E-state index is 13.8. The lowest BCUT2D eigenvalue weighted by molar-refractivity contribution is -0.138. The Morgan fingerprint density at radius 1 is 0.973 bits per heavy atom. The summed E-state index contributed by atoms with van der Waals surface area (Å²) < 4.78 is 42.7. The molecule has 1 aromatic heterocycles. The molecular formula is C28H30F3N5O. The van der Waals surface area contributed by atoms with Crippen LogP contribution < -0.4 is 9.80 Å². The maximum absolute atomic E-state index is 13.8. The largest absolute Gasteiger partial charge is 0.416 e. The third-order valence-electron chi connectivity index (χ3n) is 7.81. The van der Waals surface area contributed by atoms with Crippen molar-refractivity contribution in [2.24, 2.45) is 7.05 Å². The number of hydrogen-bond acceptors (Lipinski definition) is 3. The summed E-state index contributed by atoms with van der Waals surface area (Å²) in [7, 11) is 1.77. The average Bonchev–Trinajstić information content (AvgIpc) is 3.67. The van der Waals surface area contributed by atoms with Crippen LogP contribution >= 0.6 is 0 Å². The second-order valence-electron chi connectivity index (χ2n) is 10.4. The zero-order valence-corrected chi connectivity index (χ0v) is 20.8. The molecule has 6 nitrogen and oxygen atoms in total. The van der Waals surface area contributed by atoms with E-state index < -0.39 is 11.7 Å². The number of piperidine rings is 1. The summed E-state index contributed by atoms with van der Waals surface area (Å²) in [5.74, 6) is 1.10. The third kappa shape index (κ3) is 4.55. The van der Waals surface area contributed by atoms with Crippen molar-refractivity contribution in [1.82, 2.24) is 14.7 Å². The first kappa shape index (κ1) is 23.9. The molecule has 194 valence electrons. The molecule has 0 radical (unpaired) electrons. The predicted molar refractivity (Wildman–Crippen MR) is 135 cm³/mol. The number of para-hydroxylation sites is 1. The number of carbonyl (C=O) groups is 1. The molecule has 0 spiro atoms. The average molecular weight is 510 g/mol. The quantitative estimate of drug-likeness (QED) is 0.429. The number of hydrogen-bond donors (Lipinski definition) is 0. The second-order valence-corrected chi connectivity index (χ2v) is 10.4. The molecule has 0 bridgehead atoms. The van der Waals surface area contributed by atoms with Gasteiger partial charge in [-0.1, -0.05) is 36.4 Å². The Kier molecular flexibility index (Phi) is 5.88. The van der Waals surface area contributed by atoms with Crippen LogP contribution in [0.25, 0.3) is 0 Å². The number of alkyl halides is 3. The van der Waals surface area contributed by atoms with Gasteiger partial charge in [-0.3, -0.25) is 9.58 Å². The van der Waals surface area contributed by atoms with Crippen molar-refractivity contribution in [1.29, 1.82) is 0 Å². The Hall–Kier alpha value is -3.49. The van der Waals surface area contributed by atoms with Crippen molar-refractivity contribution in [3.05, 3.63) is 77.0 Å². The van der Waals surface area contributed by atoms with Crippen molar-refractivity contribution in [3.63, 3.8) is 0 Å². The first-order valence-electron chi connectivity index (χ1n) is 12.9. The minimum atomic E-state index is -4.49. The van der Waals surface area contributed by atoms with E-state index in [1.807, 2.05) is 11.1 Å². The van der Waals surface area contributed by atoms with Gasteiger partial charge in [0.05, 0.1) is 18.7 Å². The third-order valence-corrected chi connectivity index (χ3v) is 7.81. The van der Waals surface area contributed by atoms with Gasteiger partial charge >= 0.3 is 12.2 Å². The Bertz CT molecular complexity index is 1310. The van der Waals surface area contributed by atoms with Crippen molar-refractivity contribution < 1.29 is 18.0 Å². The zero-order chi connectivity index (χ0) is 25.7. The molecule has 3 heterocycles. The van der Waals surface area contributed by atoms with Gasteiger partial charge in [0, 0.05) is 43.6 Å². The molecular weight excluding hydrogens is 479 g/mol. The summed E-state index contributed by atoms with van der Waals surface area (Å²) in [5.41, 5.74) is 2.92. The van der Waals surface area contributed by atoms with Crippen LogP contribution in [-0.2, 0) is 26.3 Å². The number of aryl methyl sites for hydroxylation is 1. The molecule has 3 aromatic rings. The van der Waals surface area contributed by atoms with Gasteiger partial charge in [0.15, 0.2) is 5.82 Å². The molecule has 0 atom stereocenters. The molecule has 1 saturated heterocycles. The van der Waals surface area contributed by atoms with Crippen LogP contribution in [0.4, 0.5) is 29.5 Å². The summed E-state index contributed by atoms with van der Waals surface area (Å²) in [6.45, 7) is 1.93. The van der Waals surface area contributed by atoms with E-state index in [4.69, 9.17) is 0 Å². The Labute approximate surface area is 214 Å². The van der Waals surface area contributed by atoms with Gasteiger partial charge in [-0.2, -0.15) is 18.3 Å². The van der Waals surface area contributed by atoms with Crippen molar-refractivity contribution in [2.45, 2.75) is 56.9 Å². The van der Waals surface area contributed by atoms with E-state index in [1.54, 1.807) is 17.8 Å². The zero-order valence-electron chi connectivity index (χ0n) is 20.8. The van der Waals surface area contributed by atoms with E-state index in [0.717, 1.165) is 37.6 Å². The van der Waals surface area contributed by atoms with Crippen LogP contribution in [-0.4, -0.2) is 39.8 Å². The number of nitrogens with zero attached hydrogens (tertiary/aromatic N) is 5. The molecule has 9 heteroatoms. The summed E-state index contributed by atoms with van der Waals surface area (Å²) in [6.07, 6.45) is 1.48. The fraction of sp³-hybridized carbons (Fsp3) is 0.429. The number of urea groups is 1. The minimum absolute atomic E-state index is 0.0190. The molecule has 3 aliphatic rings. The molecule has 0 N–H and O–H groups in total. The second kappa shape index (κ2) is 9.11. The summed E-state index contributed by atoms with van der Waals surface area (Å²) in [4.78, 5) is 19.4. The lowest BCUT2D eigenvalue weighted by Crippen LogP contribution is -2.54. The lowest BCUT2D eigenvalue weighted by Gasteiger charge is -2.43. The summed E-state index contributed by atoms with van der Waals surface area (Å²) in [5, 5.41) is 4.44. The molecule has 6 rings (SSSR count). The molecule has 2 aliphatic heterocycles. The number of carbonyl (C=O) groups excluding carboxylic acids is 1. The topological polar surface area (TPSA) is 44.6 Å². The van der Waals surface area contributed by atoms with Gasteiger partial charge in [-0.15, -0.1) is 0 Å². The first-order chi connectivity index (χ1) is 17.8. The normalized spacial score (nSPS) is 18.9. The van der Waals surface area contributed by atoms with E-state index in [0.29, 0.717) is 18.3 Å². The van der Waals surface area contributed by atoms with Crippen LogP contribution in [0.15, 0.2) is 54.7 Å². The van der Waals surface area contributed by atoms with Crippen molar-refractivity contribution in [2.75, 3.05) is 22.9 Å². The standard InChI is InChI=1S/C28H30F3N5O/c1-33-16-21-18-35(22-12-14-34(15-13-22)25-9-5-3-7-23(25)19-10-11-19)27(37)36(26(21)32-33)17-20-6-2-4-8-24(20)28(29,30)31/h2-9,16,19,22H,10-15,17-18H2,1H3.